The predicted molar refractivity (Wildman–Crippen MR) is 194 cm³/mol. The number of para-hydroxylation sites is 1. The van der Waals surface area contributed by atoms with Crippen LogP contribution < -0.4 is 21.1 Å². The van der Waals surface area contributed by atoms with Crippen LogP contribution in [-0.2, 0) is 16.6 Å². The summed E-state index contributed by atoms with van der Waals surface area (Å²) in [5, 5.41) is 11.1. The molecule has 52 heavy (non-hydrogen) atoms. The predicted octanol–water partition coefficient (Wildman–Crippen LogP) is 4.33. The van der Waals surface area contributed by atoms with Gasteiger partial charge in [0.05, 0.1) is 41.6 Å². The molecule has 3 amide bonds. The minimum atomic E-state index is -0.680. The fourth-order valence-electron chi connectivity index (χ4n) is 8.54. The first-order valence-corrected chi connectivity index (χ1v) is 18.2. The summed E-state index contributed by atoms with van der Waals surface area (Å²) in [5.74, 6) is 0.441. The Morgan fingerprint density at radius 1 is 1.02 bits per heavy atom. The van der Waals surface area contributed by atoms with Gasteiger partial charge in [-0.2, -0.15) is 5.10 Å². The van der Waals surface area contributed by atoms with Crippen molar-refractivity contribution in [1.82, 2.24) is 39.1 Å². The Labute approximate surface area is 300 Å². The molecule has 1 saturated carbocycles. The molecule has 2 N–H and O–H groups in total. The van der Waals surface area contributed by atoms with Gasteiger partial charge in [0.15, 0.2) is 0 Å². The lowest BCUT2D eigenvalue weighted by molar-refractivity contribution is -0.135. The lowest BCUT2D eigenvalue weighted by atomic mass is 9.84. The fourth-order valence-corrected chi connectivity index (χ4v) is 8.54. The fraction of sp³-hybridized carbons (Fsp3) is 0.447. The highest BCUT2D eigenvalue weighted by atomic mass is 16.5. The molecule has 1 atom stereocenters. The molecule has 2 aromatic carbocycles. The number of ether oxygens (including phenoxy) is 1. The smallest absolute Gasteiger partial charge is 0.329 e. The van der Waals surface area contributed by atoms with E-state index >= 15 is 0 Å². The summed E-state index contributed by atoms with van der Waals surface area (Å²) in [7, 11) is 3.36. The molecule has 5 heterocycles. The number of nitrogens with one attached hydrogen (secondary N) is 2. The number of amides is 3. The van der Waals surface area contributed by atoms with Crippen LogP contribution in [0.25, 0.3) is 21.9 Å². The van der Waals surface area contributed by atoms with Crippen LogP contribution in [0, 0.1) is 5.92 Å². The number of anilines is 1. The number of imidazole rings is 1. The van der Waals surface area contributed by atoms with Gasteiger partial charge in [-0.15, -0.1) is 0 Å². The number of benzene rings is 2. The molecule has 14 heteroatoms. The Hall–Kier alpha value is -5.37. The van der Waals surface area contributed by atoms with Gasteiger partial charge >= 0.3 is 5.69 Å². The Balaban J connectivity index is 0.880. The normalized spacial score (nSPS) is 21.8. The Morgan fingerprint density at radius 3 is 2.56 bits per heavy atom. The van der Waals surface area contributed by atoms with Gasteiger partial charge in [-0.3, -0.25) is 38.5 Å². The van der Waals surface area contributed by atoms with Crippen LogP contribution in [-0.4, -0.2) is 78.2 Å². The lowest BCUT2D eigenvalue weighted by Gasteiger charge is -2.37. The first-order chi connectivity index (χ1) is 25.3. The maximum Gasteiger partial charge on any atom is 0.329 e. The van der Waals surface area contributed by atoms with Crippen LogP contribution in [0.2, 0.25) is 0 Å². The van der Waals surface area contributed by atoms with E-state index in [9.17, 15) is 19.2 Å². The summed E-state index contributed by atoms with van der Waals surface area (Å²) in [5.41, 5.74) is 4.20. The number of imide groups is 1. The molecule has 0 bridgehead atoms. The van der Waals surface area contributed by atoms with E-state index in [1.807, 2.05) is 24.3 Å². The Bertz CT molecular complexity index is 2210. The number of nitrogens with zero attached hydrogens (tertiary/aromatic N) is 7. The zero-order valence-electron chi connectivity index (χ0n) is 29.5. The van der Waals surface area contributed by atoms with E-state index in [2.05, 4.69) is 42.4 Å². The van der Waals surface area contributed by atoms with E-state index in [0.717, 1.165) is 85.7 Å². The van der Waals surface area contributed by atoms with E-state index in [4.69, 9.17) is 9.84 Å². The highest BCUT2D eigenvalue weighted by Gasteiger charge is 2.33. The van der Waals surface area contributed by atoms with Crippen LogP contribution >= 0.6 is 0 Å². The first-order valence-electron chi connectivity index (χ1n) is 18.2. The first kappa shape index (κ1) is 33.8. The standard InChI is InChI=1S/C38H43N9O5/c1-44-35-27(4-3-5-31(35)47(38(44)51)32-10-11-34(48)42-37(32)50)24-12-16-45(17-13-24)21-23-6-8-26(9-7-23)46-22-25-18-29(33(52-2)19-28(25)43-46)41-36(49)30-20-39-14-15-40-30/h3-5,14-15,18-20,22-24,26,32H,6-13,16-17,21H2,1-2H3,(H,41,49)(H,42,48,50)/t23-,26-,32?. The van der Waals surface area contributed by atoms with E-state index in [0.29, 0.717) is 35.7 Å². The number of carbonyl (C=O) groups excluding carboxylic acids is 3. The quantitative estimate of drug-likeness (QED) is 0.224. The molecule has 270 valence electrons. The highest BCUT2D eigenvalue weighted by Crippen LogP contribution is 2.38. The molecule has 2 aliphatic heterocycles. The molecule has 8 rings (SSSR count). The van der Waals surface area contributed by atoms with Gasteiger partial charge in [0, 0.05) is 50.1 Å². The van der Waals surface area contributed by atoms with Crippen molar-refractivity contribution < 1.29 is 19.1 Å². The van der Waals surface area contributed by atoms with Gasteiger partial charge in [-0.25, -0.2) is 9.78 Å². The maximum absolute atomic E-state index is 13.4. The average Bonchev–Trinajstić information content (AvgIpc) is 3.69. The van der Waals surface area contributed by atoms with Crippen LogP contribution in [0.3, 0.4) is 0 Å². The highest BCUT2D eigenvalue weighted by molar-refractivity contribution is 6.05. The summed E-state index contributed by atoms with van der Waals surface area (Å²) < 4.78 is 10.9. The lowest BCUT2D eigenvalue weighted by Crippen LogP contribution is -2.44. The van der Waals surface area contributed by atoms with E-state index < -0.39 is 11.9 Å². The largest absolute Gasteiger partial charge is 0.494 e. The molecule has 3 fully saturated rings. The van der Waals surface area contributed by atoms with E-state index in [1.54, 1.807) is 23.3 Å². The Kier molecular flexibility index (Phi) is 9.08. The van der Waals surface area contributed by atoms with Crippen molar-refractivity contribution in [1.29, 1.82) is 0 Å². The van der Waals surface area contributed by atoms with Crippen LogP contribution in [0.1, 0.15) is 85.4 Å². The molecule has 3 aromatic heterocycles. The number of hydrogen-bond acceptors (Lipinski definition) is 9. The van der Waals surface area contributed by atoms with E-state index in [1.165, 1.54) is 18.6 Å². The summed E-state index contributed by atoms with van der Waals surface area (Å²) in [6.45, 7) is 3.09. The van der Waals surface area contributed by atoms with Crippen molar-refractivity contribution in [2.24, 2.45) is 13.0 Å². The Morgan fingerprint density at radius 2 is 1.83 bits per heavy atom. The number of carbonyl (C=O) groups is 3. The van der Waals surface area contributed by atoms with Crippen molar-refractivity contribution in [2.45, 2.75) is 69.4 Å². The number of hydrogen-bond donors (Lipinski definition) is 2. The number of aryl methyl sites for hydroxylation is 1. The molecule has 1 unspecified atom stereocenters. The summed E-state index contributed by atoms with van der Waals surface area (Å²) in [4.78, 5) is 61.3. The second-order valence-corrected chi connectivity index (χ2v) is 14.4. The maximum atomic E-state index is 13.4. The zero-order chi connectivity index (χ0) is 35.9. The van der Waals surface area contributed by atoms with Gasteiger partial charge in [0.1, 0.15) is 17.5 Å². The number of methoxy groups -OCH3 is 1. The summed E-state index contributed by atoms with van der Waals surface area (Å²) in [6, 6.07) is 9.43. The van der Waals surface area contributed by atoms with Gasteiger partial charge in [-0.05, 0) is 87.6 Å². The summed E-state index contributed by atoms with van der Waals surface area (Å²) >= 11 is 0. The molecular weight excluding hydrogens is 662 g/mol. The number of piperidine rings is 2. The molecule has 14 nitrogen and oxygen atoms in total. The van der Waals surface area contributed by atoms with Crippen LogP contribution in [0.5, 0.6) is 5.75 Å². The molecule has 1 aliphatic carbocycles. The topological polar surface area (TPSA) is 158 Å². The second kappa shape index (κ2) is 14.0. The summed E-state index contributed by atoms with van der Waals surface area (Å²) in [6.07, 6.45) is 13.5. The third-order valence-corrected chi connectivity index (χ3v) is 11.3. The van der Waals surface area contributed by atoms with Crippen LogP contribution in [0.15, 0.2) is 59.9 Å². The van der Waals surface area contributed by atoms with Gasteiger partial charge < -0.3 is 15.0 Å². The monoisotopic (exact) mass is 705 g/mol. The van der Waals surface area contributed by atoms with Crippen molar-refractivity contribution in [3.63, 3.8) is 0 Å². The second-order valence-electron chi connectivity index (χ2n) is 14.4. The average molecular weight is 706 g/mol. The van der Waals surface area contributed by atoms with Gasteiger partial charge in [0.2, 0.25) is 11.8 Å². The number of aromatic nitrogens is 6. The molecular formula is C38H43N9O5. The van der Waals surface area contributed by atoms with Crippen molar-refractivity contribution in [2.75, 3.05) is 32.1 Å². The van der Waals surface area contributed by atoms with E-state index in [-0.39, 0.29) is 29.6 Å². The van der Waals surface area contributed by atoms with Crippen molar-refractivity contribution in [3.8, 4) is 5.75 Å². The third kappa shape index (κ3) is 6.35. The molecule has 2 saturated heterocycles. The number of fused-ring (bicyclic) bond motifs is 2. The molecule has 0 radical (unpaired) electrons. The zero-order valence-corrected chi connectivity index (χ0v) is 29.5. The van der Waals surface area contributed by atoms with Crippen molar-refractivity contribution >= 4 is 45.3 Å². The number of rotatable bonds is 8. The minimum absolute atomic E-state index is 0.222. The molecule has 5 aromatic rings. The third-order valence-electron chi connectivity index (χ3n) is 11.3. The number of likely N-dealkylation sites (tertiary alicyclic amines) is 1. The molecule has 0 spiro atoms. The minimum Gasteiger partial charge on any atom is -0.494 e. The molecule has 3 aliphatic rings. The van der Waals surface area contributed by atoms with Crippen LogP contribution in [0.4, 0.5) is 5.69 Å². The van der Waals surface area contributed by atoms with Crippen molar-refractivity contribution in [3.05, 3.63) is 76.9 Å². The van der Waals surface area contributed by atoms with Gasteiger partial charge in [-0.1, -0.05) is 12.1 Å². The van der Waals surface area contributed by atoms with Gasteiger partial charge in [0.25, 0.3) is 5.91 Å². The SMILES string of the molecule is COc1cc2nn([C@H]3CC[C@H](CN4CCC(c5cccc6c5n(C)c(=O)n6C5CCC(=O)NC5=O)CC4)CC3)cc2cc1NC(=O)c1cnccn1.